The third-order valence-electron chi connectivity index (χ3n) is 9.88. The molecule has 1 aliphatic heterocycles. The molecule has 5 aromatic rings. The number of halogens is 8. The Morgan fingerprint density at radius 3 is 1.66 bits per heavy atom. The molecule has 0 spiro atoms. The number of nitrogens with one attached hydrogen (secondary N) is 2. The zero-order valence-electron chi connectivity index (χ0n) is 39.6. The molecule has 8 N–H and O–H groups in total. The van der Waals surface area contributed by atoms with Crippen molar-refractivity contribution >= 4 is 58.5 Å². The van der Waals surface area contributed by atoms with Gasteiger partial charge in [-0.2, -0.15) is 8.78 Å². The van der Waals surface area contributed by atoms with Crippen LogP contribution in [0.15, 0.2) is 101 Å². The summed E-state index contributed by atoms with van der Waals surface area (Å²) in [6, 6.07) is 18.4. The Kier molecular flexibility index (Phi) is 27.4. The highest BCUT2D eigenvalue weighted by atomic mass is 32.2. The highest BCUT2D eigenvalue weighted by Crippen LogP contribution is 2.37. The number of amides is 3. The van der Waals surface area contributed by atoms with Crippen molar-refractivity contribution in [3.63, 3.8) is 0 Å². The van der Waals surface area contributed by atoms with Gasteiger partial charge in [0.25, 0.3) is 0 Å². The summed E-state index contributed by atoms with van der Waals surface area (Å²) in [7, 11) is 2.58. The molecule has 3 heterocycles. The number of hydrogen-bond donors (Lipinski definition) is 5. The normalized spacial score (nSPS) is 15.3. The maximum atomic E-state index is 14.0. The van der Waals surface area contributed by atoms with E-state index >= 15 is 0 Å². The Balaban J connectivity index is 0.000000330. The second-order valence-electron chi connectivity index (χ2n) is 14.8. The Morgan fingerprint density at radius 1 is 0.732 bits per heavy atom. The van der Waals surface area contributed by atoms with Gasteiger partial charge in [0.15, 0.2) is 34.8 Å². The molecule has 23 heteroatoms. The standard InChI is InChI=1S/C17H18F2N4OS.C13H16F2N2OS.2C7H6F2O.C2H6N2O.C2H6/c18-13-4-1-5-14(16(13)19)23-8-2-3-11(10-23)17(24)22-12-6-7-21-15(9-12)25-20;1-19-11-7-10(4-6-16-11)17-12(18)9-3-2-5-13(14,15)8-9;2*1-10-6-4-2-3-5(8)7(6)9;3-1-2(4)5;1-2/h1,4-7,9,11H,2-3,8,10,20H2,(H,21,22,24);4,6-7,9H,2-3,5,8H2,1H3,(H,16,17,18);2*2-4H,1H3;1,3H2,(H2,4,5);1-2H3/t11-;9-;;;;/m00..../s1. The molecule has 1 saturated heterocycles. The van der Waals surface area contributed by atoms with E-state index < -0.39 is 52.7 Å². The molecule has 1 saturated carbocycles. The molecule has 2 aromatic heterocycles. The molecule has 3 amide bonds. The van der Waals surface area contributed by atoms with Crippen LogP contribution in [0.2, 0.25) is 0 Å². The van der Waals surface area contributed by atoms with Crippen LogP contribution >= 0.6 is 23.7 Å². The number of piperidine rings is 1. The van der Waals surface area contributed by atoms with Gasteiger partial charge >= 0.3 is 0 Å². The Morgan fingerprint density at radius 2 is 1.20 bits per heavy atom. The fraction of sp³-hybridized carbons (Fsp3) is 0.354. The number of nitrogens with zero attached hydrogens (tertiary/aromatic N) is 3. The molecule has 388 valence electrons. The third kappa shape index (κ3) is 21.0. The number of primary amides is 1. The van der Waals surface area contributed by atoms with Crippen LogP contribution in [0.5, 0.6) is 11.5 Å². The lowest BCUT2D eigenvalue weighted by Crippen LogP contribution is -2.41. The minimum Gasteiger partial charge on any atom is -0.494 e. The van der Waals surface area contributed by atoms with E-state index in [1.807, 2.05) is 20.1 Å². The number of anilines is 3. The van der Waals surface area contributed by atoms with E-state index in [4.69, 9.17) is 10.9 Å². The van der Waals surface area contributed by atoms with Crippen molar-refractivity contribution in [1.29, 1.82) is 0 Å². The first-order valence-electron chi connectivity index (χ1n) is 21.8. The maximum absolute atomic E-state index is 14.0. The number of benzene rings is 3. The summed E-state index contributed by atoms with van der Waals surface area (Å²) in [4.78, 5) is 43.8. The SMILES string of the molecule is CC.COc1cccc(F)c1F.COc1cccc(F)c1F.CSc1cc(NC(=O)[C@H]2CCCC(F)(F)C2)ccn1.NCC(N)=O.NSc1cc(NC(=O)[C@H]2CCCN(c3cccc(F)c3F)C2)ccn1. The van der Waals surface area contributed by atoms with Gasteiger partial charge in [0.2, 0.25) is 35.3 Å². The largest absolute Gasteiger partial charge is 0.494 e. The van der Waals surface area contributed by atoms with Gasteiger partial charge < -0.3 is 36.5 Å². The molecule has 13 nitrogen and oxygen atoms in total. The van der Waals surface area contributed by atoms with Crippen molar-refractivity contribution in [3.05, 3.63) is 126 Å². The van der Waals surface area contributed by atoms with E-state index in [1.54, 1.807) is 41.6 Å². The number of nitrogens with two attached hydrogens (primary N) is 3. The lowest BCUT2D eigenvalue weighted by atomic mass is 9.86. The van der Waals surface area contributed by atoms with Crippen LogP contribution < -0.4 is 41.6 Å². The summed E-state index contributed by atoms with van der Waals surface area (Å²) in [5.74, 6) is -10.1. The number of hydrogen-bond acceptors (Lipinski definition) is 12. The van der Waals surface area contributed by atoms with E-state index in [-0.39, 0.29) is 54.3 Å². The zero-order chi connectivity index (χ0) is 53.1. The van der Waals surface area contributed by atoms with E-state index in [1.165, 1.54) is 62.4 Å². The number of pyridine rings is 2. The average molecular weight is 1040 g/mol. The minimum atomic E-state index is -2.71. The number of methoxy groups -OCH3 is 2. The van der Waals surface area contributed by atoms with Crippen LogP contribution in [0.4, 0.5) is 52.2 Å². The molecule has 0 bridgehead atoms. The lowest BCUT2D eigenvalue weighted by molar-refractivity contribution is -0.127. The van der Waals surface area contributed by atoms with Crippen LogP contribution in [0, 0.1) is 46.7 Å². The van der Waals surface area contributed by atoms with Crippen molar-refractivity contribution in [1.82, 2.24) is 9.97 Å². The van der Waals surface area contributed by atoms with Crippen molar-refractivity contribution in [2.75, 3.05) is 55.6 Å². The van der Waals surface area contributed by atoms with Crippen molar-refractivity contribution in [2.24, 2.45) is 28.4 Å². The van der Waals surface area contributed by atoms with Crippen LogP contribution in [0.1, 0.15) is 52.4 Å². The quantitative estimate of drug-likeness (QED) is 0.0504. The number of alkyl halides is 2. The monoisotopic (exact) mass is 1040 g/mol. The number of carbonyl (C=O) groups is 3. The highest BCUT2D eigenvalue weighted by Gasteiger charge is 2.39. The Bertz CT molecular complexity index is 2400. The number of ether oxygens (including phenoxy) is 2. The zero-order valence-corrected chi connectivity index (χ0v) is 41.3. The predicted molar refractivity (Wildman–Crippen MR) is 261 cm³/mol. The second kappa shape index (κ2) is 31.9. The van der Waals surface area contributed by atoms with Crippen molar-refractivity contribution < 1.29 is 59.0 Å². The summed E-state index contributed by atoms with van der Waals surface area (Å²) < 4.78 is 113. The van der Waals surface area contributed by atoms with Crippen LogP contribution in [-0.4, -0.2) is 73.7 Å². The molecule has 2 atom stereocenters. The molecule has 0 unspecified atom stereocenters. The summed E-state index contributed by atoms with van der Waals surface area (Å²) in [6.45, 7) is 4.88. The van der Waals surface area contributed by atoms with E-state index in [0.717, 1.165) is 41.6 Å². The molecule has 7 rings (SSSR count). The Labute approximate surface area is 416 Å². The van der Waals surface area contributed by atoms with Gasteiger partial charge in [-0.15, -0.1) is 11.8 Å². The molecule has 2 aliphatic rings. The smallest absolute Gasteiger partial charge is 0.248 e. The van der Waals surface area contributed by atoms with Crippen molar-refractivity contribution in [3.8, 4) is 11.5 Å². The fourth-order valence-corrected chi connectivity index (χ4v) is 7.19. The van der Waals surface area contributed by atoms with Crippen molar-refractivity contribution in [2.45, 2.75) is 68.3 Å². The average Bonchev–Trinajstić information content (AvgIpc) is 3.37. The first kappa shape index (κ1) is 61.0. The molecule has 3 aromatic carbocycles. The van der Waals surface area contributed by atoms with Crippen LogP contribution in [0.25, 0.3) is 0 Å². The van der Waals surface area contributed by atoms with Gasteiger partial charge in [-0.3, -0.25) is 19.5 Å². The highest BCUT2D eigenvalue weighted by molar-refractivity contribution is 7.98. The molecular weight excluding hydrogens is 985 g/mol. The van der Waals surface area contributed by atoms with Gasteiger partial charge in [-0.1, -0.05) is 32.0 Å². The Hall–Kier alpha value is -6.17. The first-order chi connectivity index (χ1) is 33.9. The van der Waals surface area contributed by atoms with Crippen LogP contribution in [0.3, 0.4) is 0 Å². The molecular formula is C48H58F8N8O5S2. The van der Waals surface area contributed by atoms with Gasteiger partial charge in [0.05, 0.1) is 37.4 Å². The summed E-state index contributed by atoms with van der Waals surface area (Å²) in [5, 5.41) is 12.4. The first-order valence-corrected chi connectivity index (χ1v) is 23.9. The minimum absolute atomic E-state index is 0.0556. The molecule has 1 aliphatic carbocycles. The maximum Gasteiger partial charge on any atom is 0.248 e. The topological polar surface area (TPSA) is 201 Å². The third-order valence-corrected chi connectivity index (χ3v) is 11.0. The number of thioether (sulfide) groups is 1. The van der Waals surface area contributed by atoms with Gasteiger partial charge in [0.1, 0.15) is 5.03 Å². The number of aromatic nitrogens is 2. The van der Waals surface area contributed by atoms with Gasteiger partial charge in [-0.05, 0) is 105 Å². The van der Waals surface area contributed by atoms with E-state index in [0.29, 0.717) is 48.8 Å². The molecule has 0 radical (unpaired) electrons. The summed E-state index contributed by atoms with van der Waals surface area (Å²) in [5.41, 5.74) is 10.6. The fourth-order valence-electron chi connectivity index (χ4n) is 6.46. The molecule has 71 heavy (non-hydrogen) atoms. The number of rotatable bonds is 10. The van der Waals surface area contributed by atoms with Gasteiger partial charge in [-0.25, -0.2) is 36.3 Å². The summed E-state index contributed by atoms with van der Waals surface area (Å²) >= 11 is 2.46. The van der Waals surface area contributed by atoms with Crippen LogP contribution in [-0.2, 0) is 14.4 Å². The predicted octanol–water partition coefficient (Wildman–Crippen LogP) is 10.2. The second-order valence-corrected chi connectivity index (χ2v) is 16.2. The van der Waals surface area contributed by atoms with Gasteiger partial charge in [0, 0.05) is 55.6 Å². The van der Waals surface area contributed by atoms with E-state index in [9.17, 15) is 49.5 Å². The van der Waals surface area contributed by atoms with E-state index in [2.05, 4.69) is 35.8 Å². The number of carbonyl (C=O) groups excluding carboxylic acids is 3. The lowest BCUT2D eigenvalue weighted by Gasteiger charge is -2.33. The molecule has 2 fully saturated rings. The summed E-state index contributed by atoms with van der Waals surface area (Å²) in [6.07, 6.45) is 6.95.